The summed E-state index contributed by atoms with van der Waals surface area (Å²) in [5, 5.41) is 13.5. The maximum absolute atomic E-state index is 11.4. The number of carbonyl (C=O) groups is 2. The van der Waals surface area contributed by atoms with Crippen LogP contribution in [0.5, 0.6) is 0 Å². The number of hydrogen-bond donors (Lipinski definition) is 2. The predicted molar refractivity (Wildman–Crippen MR) is 148 cm³/mol. The maximum Gasteiger partial charge on any atom is 0.314 e. The fraction of sp³-hybridized carbons (Fsp3) is 0.269. The number of aliphatic carboxylic acids is 1. The summed E-state index contributed by atoms with van der Waals surface area (Å²) in [5.41, 5.74) is 2.98. The Kier molecular flexibility index (Phi) is 8.00. The van der Waals surface area contributed by atoms with Gasteiger partial charge in [0.2, 0.25) is 0 Å². The Morgan fingerprint density at radius 3 is 2.64 bits per heavy atom. The summed E-state index contributed by atoms with van der Waals surface area (Å²) in [4.78, 5) is 23.4. The number of benzene rings is 1. The molecule has 4 aromatic rings. The van der Waals surface area contributed by atoms with Crippen LogP contribution < -0.4 is 5.32 Å². The molecular formula is C26H23ClN2O4S3. The van der Waals surface area contributed by atoms with Crippen molar-refractivity contribution < 1.29 is 19.4 Å². The van der Waals surface area contributed by atoms with Crippen molar-refractivity contribution in [2.75, 3.05) is 12.4 Å². The molecule has 1 unspecified atom stereocenters. The molecule has 186 valence electrons. The predicted octanol–water partition coefficient (Wildman–Crippen LogP) is 6.86. The topological polar surface area (TPSA) is 88.5 Å². The smallest absolute Gasteiger partial charge is 0.314 e. The van der Waals surface area contributed by atoms with Gasteiger partial charge >= 0.3 is 5.97 Å². The highest BCUT2D eigenvalue weighted by molar-refractivity contribution is 7.38. The largest absolute Gasteiger partial charge is 0.481 e. The molecule has 1 aliphatic rings. The van der Waals surface area contributed by atoms with Gasteiger partial charge in [-0.3, -0.25) is 9.59 Å². The van der Waals surface area contributed by atoms with Crippen LogP contribution in [0.25, 0.3) is 9.40 Å². The van der Waals surface area contributed by atoms with Crippen molar-refractivity contribution in [3.63, 3.8) is 0 Å². The Bertz CT molecular complexity index is 1440. The van der Waals surface area contributed by atoms with Gasteiger partial charge in [-0.2, -0.15) is 4.37 Å². The second-order valence-electron chi connectivity index (χ2n) is 8.26. The molecular weight excluding hydrogens is 536 g/mol. The lowest BCUT2D eigenvalue weighted by Gasteiger charge is -2.11. The molecule has 1 saturated carbocycles. The van der Waals surface area contributed by atoms with Crippen LogP contribution in [-0.2, 0) is 19.7 Å². The first-order chi connectivity index (χ1) is 17.3. The fourth-order valence-electron chi connectivity index (χ4n) is 3.72. The van der Waals surface area contributed by atoms with Gasteiger partial charge in [0.15, 0.2) is 5.69 Å². The third-order valence-electron chi connectivity index (χ3n) is 5.94. The van der Waals surface area contributed by atoms with Gasteiger partial charge < -0.3 is 15.2 Å². The number of fused-ring (bicyclic) bond motifs is 1. The molecule has 5 rings (SSSR count). The van der Waals surface area contributed by atoms with Gasteiger partial charge in [0.05, 0.1) is 8.89 Å². The molecule has 3 heterocycles. The standard InChI is InChI=1S/C16H11ClN2O2S3.C10H12O2/c1-18-12-10(19-24-13(12)17)3-2-9-6-8-7-11(23-14(8)22-9)16(4-5-16)15(20)21;1-8-5-3-4-6-10(8)9(2)12-7-11/h6-7,18H,4-5H2,1H3,(H,20,21);3-7,9H,1-2H3. The van der Waals surface area contributed by atoms with Crippen LogP contribution in [0, 0.1) is 18.8 Å². The molecule has 0 bridgehead atoms. The van der Waals surface area contributed by atoms with E-state index in [1.54, 1.807) is 29.7 Å². The van der Waals surface area contributed by atoms with Crippen molar-refractivity contribution in [2.24, 2.45) is 0 Å². The molecule has 1 aromatic carbocycles. The van der Waals surface area contributed by atoms with Crippen molar-refractivity contribution in [2.45, 2.75) is 38.2 Å². The summed E-state index contributed by atoms with van der Waals surface area (Å²) >= 11 is 10.4. The van der Waals surface area contributed by atoms with Crippen molar-refractivity contribution in [3.8, 4) is 11.8 Å². The summed E-state index contributed by atoms with van der Waals surface area (Å²) in [7, 11) is 1.79. The van der Waals surface area contributed by atoms with Crippen LogP contribution in [-0.4, -0.2) is 29.0 Å². The van der Waals surface area contributed by atoms with E-state index >= 15 is 0 Å². The van der Waals surface area contributed by atoms with Crippen LogP contribution in [0.2, 0.25) is 4.34 Å². The number of aromatic nitrogens is 1. The summed E-state index contributed by atoms with van der Waals surface area (Å²) in [5.74, 6) is 5.46. The van der Waals surface area contributed by atoms with Crippen molar-refractivity contribution in [1.82, 2.24) is 4.37 Å². The number of nitrogens with one attached hydrogen (secondary N) is 1. The summed E-state index contributed by atoms with van der Waals surface area (Å²) in [6.07, 6.45) is 1.32. The molecule has 10 heteroatoms. The number of nitrogens with zero attached hydrogens (tertiary/aromatic N) is 1. The zero-order valence-corrected chi connectivity index (χ0v) is 23.0. The third kappa shape index (κ3) is 5.42. The normalized spacial score (nSPS) is 14.1. The van der Waals surface area contributed by atoms with Gasteiger partial charge in [-0.1, -0.05) is 35.9 Å². The lowest BCUT2D eigenvalue weighted by molar-refractivity contribution is -0.140. The Hall–Kier alpha value is -2.90. The lowest BCUT2D eigenvalue weighted by atomic mass is 10.1. The second kappa shape index (κ2) is 11.0. The first kappa shape index (κ1) is 26.2. The fourth-order valence-corrected chi connectivity index (χ4v) is 7.14. The summed E-state index contributed by atoms with van der Waals surface area (Å²) < 4.78 is 10.8. The number of carbonyl (C=O) groups excluding carboxylic acids is 1. The van der Waals surface area contributed by atoms with Crippen LogP contribution in [0.3, 0.4) is 0 Å². The molecule has 0 radical (unpaired) electrons. The zero-order valence-electron chi connectivity index (χ0n) is 19.8. The summed E-state index contributed by atoms with van der Waals surface area (Å²) in [6.45, 7) is 4.34. The van der Waals surface area contributed by atoms with E-state index in [9.17, 15) is 14.7 Å². The molecule has 3 aromatic heterocycles. The van der Waals surface area contributed by atoms with Crippen LogP contribution in [0.4, 0.5) is 5.69 Å². The number of carboxylic acids is 1. The van der Waals surface area contributed by atoms with E-state index in [0.717, 1.165) is 48.8 Å². The van der Waals surface area contributed by atoms with Gasteiger partial charge in [0, 0.05) is 17.3 Å². The minimum Gasteiger partial charge on any atom is -0.481 e. The SMILES string of the molecule is CNc1c(C#Cc2cc3cc(C4(C(=O)O)CC4)sc3s2)nsc1Cl.Cc1ccccc1C(C)OC=O. The Morgan fingerprint density at radius 1 is 1.28 bits per heavy atom. The number of thiophene rings is 2. The number of rotatable bonds is 6. The molecule has 1 aliphatic carbocycles. The molecule has 2 N–H and O–H groups in total. The van der Waals surface area contributed by atoms with Gasteiger partial charge in [-0.15, -0.1) is 22.7 Å². The minimum atomic E-state index is -0.712. The maximum atomic E-state index is 11.4. The van der Waals surface area contributed by atoms with Crippen LogP contribution in [0.1, 0.15) is 52.4 Å². The minimum absolute atomic E-state index is 0.149. The van der Waals surface area contributed by atoms with Crippen molar-refractivity contribution in [3.05, 3.63) is 67.3 Å². The van der Waals surface area contributed by atoms with Gasteiger partial charge in [-0.25, -0.2) is 0 Å². The monoisotopic (exact) mass is 558 g/mol. The Labute approximate surface area is 226 Å². The number of carboxylic acid groups (broad SMARTS) is 1. The van der Waals surface area contributed by atoms with Gasteiger partial charge in [-0.05, 0) is 73.3 Å². The van der Waals surface area contributed by atoms with Crippen LogP contribution >= 0.6 is 45.8 Å². The number of aryl methyl sites for hydroxylation is 1. The zero-order chi connectivity index (χ0) is 25.9. The molecule has 0 aliphatic heterocycles. The molecule has 36 heavy (non-hydrogen) atoms. The van der Waals surface area contributed by atoms with Gasteiger partial charge in [0.25, 0.3) is 6.47 Å². The molecule has 6 nitrogen and oxygen atoms in total. The highest BCUT2D eigenvalue weighted by atomic mass is 35.5. The highest BCUT2D eigenvalue weighted by Gasteiger charge is 2.53. The van der Waals surface area contributed by atoms with E-state index in [4.69, 9.17) is 16.3 Å². The first-order valence-electron chi connectivity index (χ1n) is 11.1. The molecule has 1 fully saturated rings. The molecule has 0 spiro atoms. The van der Waals surface area contributed by atoms with E-state index in [-0.39, 0.29) is 6.10 Å². The van der Waals surface area contributed by atoms with E-state index in [1.807, 2.05) is 50.2 Å². The number of halogens is 1. The lowest BCUT2D eigenvalue weighted by Crippen LogP contribution is -2.17. The van der Waals surface area contributed by atoms with E-state index < -0.39 is 11.4 Å². The van der Waals surface area contributed by atoms with E-state index in [0.29, 0.717) is 16.5 Å². The van der Waals surface area contributed by atoms with E-state index in [1.165, 1.54) is 11.5 Å². The van der Waals surface area contributed by atoms with Crippen molar-refractivity contribution in [1.29, 1.82) is 0 Å². The van der Waals surface area contributed by atoms with Gasteiger partial charge in [0.1, 0.15) is 21.5 Å². The highest BCUT2D eigenvalue weighted by Crippen LogP contribution is 2.52. The van der Waals surface area contributed by atoms with Crippen LogP contribution in [0.15, 0.2) is 36.4 Å². The molecule has 0 amide bonds. The second-order valence-corrected chi connectivity index (χ2v) is 12.0. The number of anilines is 1. The summed E-state index contributed by atoms with van der Waals surface area (Å²) in [6, 6.07) is 11.9. The Morgan fingerprint density at radius 2 is 2.03 bits per heavy atom. The Balaban J connectivity index is 0.000000214. The third-order valence-corrected chi connectivity index (χ3v) is 9.48. The van der Waals surface area contributed by atoms with E-state index in [2.05, 4.69) is 21.5 Å². The average molecular weight is 559 g/mol. The molecule has 0 saturated heterocycles. The average Bonchev–Trinajstić information content (AvgIpc) is 3.27. The first-order valence-corrected chi connectivity index (χ1v) is 13.8. The number of hydrogen-bond acceptors (Lipinski definition) is 8. The van der Waals surface area contributed by atoms with Crippen molar-refractivity contribution >= 4 is 73.3 Å². The molecule has 1 atom stereocenters. The quantitative estimate of drug-likeness (QED) is 0.198. The number of ether oxygens (including phenoxy) is 1.